The number of phenols is 1. The third kappa shape index (κ3) is 4.83. The van der Waals surface area contributed by atoms with Crippen LogP contribution in [-0.4, -0.2) is 37.3 Å². The van der Waals surface area contributed by atoms with Crippen molar-refractivity contribution in [3.8, 4) is 17.2 Å². The van der Waals surface area contributed by atoms with Crippen LogP contribution in [-0.2, 0) is 9.53 Å². The zero-order valence-electron chi connectivity index (χ0n) is 15.3. The number of phenolic OH excluding ortho intramolecular Hbond substituents is 1. The van der Waals surface area contributed by atoms with Crippen LogP contribution in [0.2, 0.25) is 5.02 Å². The Bertz CT molecular complexity index is 868. The Morgan fingerprint density at radius 2 is 1.85 bits per heavy atom. The van der Waals surface area contributed by atoms with Gasteiger partial charge in [0.15, 0.2) is 6.10 Å². The molecule has 0 saturated carbocycles. The first-order chi connectivity index (χ1) is 12.8. The summed E-state index contributed by atoms with van der Waals surface area (Å²) in [7, 11) is 2.89. The molecule has 0 spiro atoms. The number of esters is 1. The van der Waals surface area contributed by atoms with Gasteiger partial charge >= 0.3 is 5.97 Å². The number of rotatable bonds is 6. The lowest BCUT2D eigenvalue weighted by molar-refractivity contribution is -0.123. The Morgan fingerprint density at radius 3 is 2.44 bits per heavy atom. The van der Waals surface area contributed by atoms with Gasteiger partial charge in [-0.3, -0.25) is 4.79 Å². The number of benzene rings is 2. The number of methoxy groups -OCH3 is 2. The topological polar surface area (TPSA) is 94.1 Å². The van der Waals surface area contributed by atoms with Gasteiger partial charge in [-0.15, -0.1) is 0 Å². The molecule has 7 nitrogen and oxygen atoms in total. The van der Waals surface area contributed by atoms with Crippen LogP contribution in [0.1, 0.15) is 22.8 Å². The SMILES string of the molecule is COc1ccc(C(=O)O[C@@H](C)C(=O)Nc2cc(C)c(Cl)cc2OC)c(O)c1. The molecule has 0 radical (unpaired) electrons. The minimum atomic E-state index is -1.11. The maximum atomic E-state index is 12.4. The van der Waals surface area contributed by atoms with Gasteiger partial charge in [0.1, 0.15) is 22.8 Å². The number of aromatic hydroxyl groups is 1. The highest BCUT2D eigenvalue weighted by atomic mass is 35.5. The summed E-state index contributed by atoms with van der Waals surface area (Å²) in [5, 5.41) is 13.0. The number of halogens is 1. The first-order valence-corrected chi connectivity index (χ1v) is 8.37. The first kappa shape index (κ1) is 20.4. The Kier molecular flexibility index (Phi) is 6.52. The number of hydrogen-bond donors (Lipinski definition) is 2. The fourth-order valence-electron chi connectivity index (χ4n) is 2.25. The Balaban J connectivity index is 2.10. The maximum Gasteiger partial charge on any atom is 0.342 e. The Morgan fingerprint density at radius 1 is 1.15 bits per heavy atom. The summed E-state index contributed by atoms with van der Waals surface area (Å²) >= 11 is 6.04. The van der Waals surface area contributed by atoms with Crippen molar-refractivity contribution in [2.45, 2.75) is 20.0 Å². The van der Waals surface area contributed by atoms with Crippen LogP contribution < -0.4 is 14.8 Å². The second-order valence-corrected chi connectivity index (χ2v) is 6.13. The van der Waals surface area contributed by atoms with Gasteiger partial charge in [-0.25, -0.2) is 4.79 Å². The smallest absolute Gasteiger partial charge is 0.342 e. The minimum absolute atomic E-state index is 0.0737. The van der Waals surface area contributed by atoms with E-state index < -0.39 is 18.0 Å². The summed E-state index contributed by atoms with van der Waals surface area (Å²) in [4.78, 5) is 24.6. The summed E-state index contributed by atoms with van der Waals surface area (Å²) in [6, 6.07) is 7.37. The van der Waals surface area contributed by atoms with Crippen LogP contribution in [0.25, 0.3) is 0 Å². The third-order valence-electron chi connectivity index (χ3n) is 3.82. The van der Waals surface area contributed by atoms with E-state index in [0.717, 1.165) is 5.56 Å². The molecule has 0 saturated heterocycles. The van der Waals surface area contributed by atoms with E-state index in [1.54, 1.807) is 19.1 Å². The molecule has 0 bridgehead atoms. The summed E-state index contributed by atoms with van der Waals surface area (Å²) in [6.07, 6.45) is -1.11. The molecule has 0 aliphatic rings. The predicted molar refractivity (Wildman–Crippen MR) is 101 cm³/mol. The molecule has 0 heterocycles. The van der Waals surface area contributed by atoms with Crippen molar-refractivity contribution >= 4 is 29.2 Å². The number of carbonyl (C=O) groups is 2. The summed E-state index contributed by atoms with van der Waals surface area (Å²) in [6.45, 7) is 3.20. The highest BCUT2D eigenvalue weighted by Crippen LogP contribution is 2.31. The van der Waals surface area contributed by atoms with E-state index >= 15 is 0 Å². The van der Waals surface area contributed by atoms with Gasteiger partial charge in [0.25, 0.3) is 5.91 Å². The predicted octanol–water partition coefficient (Wildman–Crippen LogP) is 3.56. The molecule has 0 aliphatic heterocycles. The van der Waals surface area contributed by atoms with Gasteiger partial charge in [0, 0.05) is 17.2 Å². The van der Waals surface area contributed by atoms with Crippen LogP contribution in [0.5, 0.6) is 17.2 Å². The second-order valence-electron chi connectivity index (χ2n) is 5.72. The normalized spacial score (nSPS) is 11.4. The summed E-state index contributed by atoms with van der Waals surface area (Å²) < 4.78 is 15.3. The molecule has 0 unspecified atom stereocenters. The number of carbonyl (C=O) groups excluding carboxylic acids is 2. The average molecular weight is 394 g/mol. The van der Waals surface area contributed by atoms with Gasteiger partial charge in [-0.2, -0.15) is 0 Å². The molecular formula is C19H20ClNO6. The summed E-state index contributed by atoms with van der Waals surface area (Å²) in [5.41, 5.74) is 1.08. The van der Waals surface area contributed by atoms with E-state index in [0.29, 0.717) is 22.2 Å². The lowest BCUT2D eigenvalue weighted by Crippen LogP contribution is -2.30. The van der Waals surface area contributed by atoms with E-state index in [1.165, 1.54) is 39.3 Å². The standard InChI is InChI=1S/C19H20ClNO6/c1-10-7-15(17(26-4)9-14(10)20)21-18(23)11(2)27-19(24)13-6-5-12(25-3)8-16(13)22/h5-9,11,22H,1-4H3,(H,21,23)/t11-/m0/s1. The molecule has 8 heteroatoms. The zero-order valence-corrected chi connectivity index (χ0v) is 16.1. The van der Waals surface area contributed by atoms with Gasteiger partial charge in [-0.1, -0.05) is 11.6 Å². The molecule has 1 amide bonds. The molecular weight excluding hydrogens is 374 g/mol. The van der Waals surface area contributed by atoms with Crippen molar-refractivity contribution in [3.05, 3.63) is 46.5 Å². The Hall–Kier alpha value is -2.93. The van der Waals surface area contributed by atoms with E-state index in [1.807, 2.05) is 0 Å². The van der Waals surface area contributed by atoms with Gasteiger partial charge in [0.2, 0.25) is 0 Å². The zero-order chi connectivity index (χ0) is 20.1. The first-order valence-electron chi connectivity index (χ1n) is 7.99. The number of hydrogen-bond acceptors (Lipinski definition) is 6. The fourth-order valence-corrected chi connectivity index (χ4v) is 2.41. The molecule has 2 N–H and O–H groups in total. The molecule has 27 heavy (non-hydrogen) atoms. The van der Waals surface area contributed by atoms with Gasteiger partial charge in [-0.05, 0) is 37.6 Å². The average Bonchev–Trinajstić information content (AvgIpc) is 2.63. The lowest BCUT2D eigenvalue weighted by atomic mass is 10.2. The van der Waals surface area contributed by atoms with Crippen molar-refractivity contribution in [2.24, 2.45) is 0 Å². The molecule has 2 aromatic rings. The number of ether oxygens (including phenoxy) is 3. The van der Waals surface area contributed by atoms with Crippen LogP contribution in [0.4, 0.5) is 5.69 Å². The van der Waals surface area contributed by atoms with Crippen molar-refractivity contribution in [3.63, 3.8) is 0 Å². The molecule has 0 aromatic heterocycles. The Labute approximate surface area is 161 Å². The molecule has 0 fully saturated rings. The van der Waals surface area contributed by atoms with Crippen molar-refractivity contribution < 1.29 is 28.9 Å². The van der Waals surface area contributed by atoms with Crippen molar-refractivity contribution in [1.82, 2.24) is 0 Å². The fraction of sp³-hybridized carbons (Fsp3) is 0.263. The van der Waals surface area contributed by atoms with Gasteiger partial charge in [0.05, 0.1) is 19.9 Å². The highest BCUT2D eigenvalue weighted by molar-refractivity contribution is 6.31. The van der Waals surface area contributed by atoms with E-state index in [-0.39, 0.29) is 11.3 Å². The van der Waals surface area contributed by atoms with Crippen LogP contribution in [0.15, 0.2) is 30.3 Å². The second kappa shape index (κ2) is 8.64. The van der Waals surface area contributed by atoms with Gasteiger partial charge < -0.3 is 24.6 Å². The molecule has 1 atom stereocenters. The highest BCUT2D eigenvalue weighted by Gasteiger charge is 2.22. The summed E-state index contributed by atoms with van der Waals surface area (Å²) in [5.74, 6) is -0.930. The maximum absolute atomic E-state index is 12.4. The third-order valence-corrected chi connectivity index (χ3v) is 4.22. The minimum Gasteiger partial charge on any atom is -0.507 e. The van der Waals surface area contributed by atoms with E-state index in [9.17, 15) is 14.7 Å². The lowest BCUT2D eigenvalue weighted by Gasteiger charge is -2.16. The van der Waals surface area contributed by atoms with Crippen LogP contribution in [0, 0.1) is 6.92 Å². The quantitative estimate of drug-likeness (QED) is 0.729. The molecule has 2 aromatic carbocycles. The van der Waals surface area contributed by atoms with E-state index in [4.69, 9.17) is 25.8 Å². The monoisotopic (exact) mass is 393 g/mol. The van der Waals surface area contributed by atoms with E-state index in [2.05, 4.69) is 5.32 Å². The van der Waals surface area contributed by atoms with Crippen molar-refractivity contribution in [2.75, 3.05) is 19.5 Å². The van der Waals surface area contributed by atoms with Crippen LogP contribution in [0.3, 0.4) is 0 Å². The molecule has 2 rings (SSSR count). The number of aryl methyl sites for hydroxylation is 1. The number of anilines is 1. The van der Waals surface area contributed by atoms with Crippen molar-refractivity contribution in [1.29, 1.82) is 0 Å². The van der Waals surface area contributed by atoms with Crippen LogP contribution >= 0.6 is 11.6 Å². The molecule has 144 valence electrons. The number of amides is 1. The number of nitrogens with one attached hydrogen (secondary N) is 1. The molecule has 0 aliphatic carbocycles. The largest absolute Gasteiger partial charge is 0.507 e.